The minimum atomic E-state index is -0.542. The number of phenolic OH excluding ortho intramolecular Hbond substituents is 1. The molecule has 2 rings (SSSR count). The molecule has 1 atom stereocenters. The van der Waals surface area contributed by atoms with Crippen molar-refractivity contribution in [1.82, 2.24) is 5.32 Å². The highest BCUT2D eigenvalue weighted by molar-refractivity contribution is 5.90. The molecule has 3 N–H and O–H groups in total. The highest BCUT2D eigenvalue weighted by Gasteiger charge is 2.10. The molecular formula is C16H18N2O4. The average Bonchev–Trinajstić information content (AvgIpc) is 2.50. The third-order valence-corrected chi connectivity index (χ3v) is 2.84. The Kier molecular flexibility index (Phi) is 5.08. The van der Waals surface area contributed by atoms with Gasteiger partial charge in [-0.3, -0.25) is 0 Å². The standard InChI is InChI=1S/C16H18N2O4/c1-11(22-13-9-7-12(19)8-10-13)17-16(20)18-14-5-3-4-6-15(14)21-2/h3-11,19H,1-2H3,(H2,17,18,20). The Labute approximate surface area is 128 Å². The van der Waals surface area contributed by atoms with E-state index < -0.39 is 12.3 Å². The van der Waals surface area contributed by atoms with Gasteiger partial charge in [0, 0.05) is 0 Å². The first-order valence-electron chi connectivity index (χ1n) is 6.74. The van der Waals surface area contributed by atoms with E-state index in [1.54, 1.807) is 37.3 Å². The molecule has 0 heterocycles. The van der Waals surface area contributed by atoms with Gasteiger partial charge in [0.1, 0.15) is 17.2 Å². The fourth-order valence-electron chi connectivity index (χ4n) is 1.85. The molecule has 0 aliphatic carbocycles. The van der Waals surface area contributed by atoms with Crippen molar-refractivity contribution >= 4 is 11.7 Å². The molecule has 6 heteroatoms. The van der Waals surface area contributed by atoms with Gasteiger partial charge in [-0.05, 0) is 43.3 Å². The number of amides is 2. The summed E-state index contributed by atoms with van der Waals surface area (Å²) in [6, 6.07) is 13.0. The fraction of sp³-hybridized carbons (Fsp3) is 0.188. The van der Waals surface area contributed by atoms with Crippen LogP contribution in [-0.4, -0.2) is 24.5 Å². The second-order valence-electron chi connectivity index (χ2n) is 4.55. The number of para-hydroxylation sites is 2. The Morgan fingerprint density at radius 3 is 2.50 bits per heavy atom. The number of nitrogens with one attached hydrogen (secondary N) is 2. The largest absolute Gasteiger partial charge is 0.508 e. The van der Waals surface area contributed by atoms with E-state index in [0.717, 1.165) is 0 Å². The van der Waals surface area contributed by atoms with Gasteiger partial charge >= 0.3 is 6.03 Å². The summed E-state index contributed by atoms with van der Waals surface area (Å²) >= 11 is 0. The Bertz CT molecular complexity index is 628. The van der Waals surface area contributed by atoms with E-state index in [1.807, 2.05) is 6.07 Å². The number of aromatic hydroxyl groups is 1. The molecular weight excluding hydrogens is 284 g/mol. The zero-order chi connectivity index (χ0) is 15.9. The van der Waals surface area contributed by atoms with Crippen LogP contribution in [0, 0.1) is 0 Å². The highest BCUT2D eigenvalue weighted by atomic mass is 16.5. The third-order valence-electron chi connectivity index (χ3n) is 2.84. The van der Waals surface area contributed by atoms with Crippen LogP contribution in [-0.2, 0) is 0 Å². The van der Waals surface area contributed by atoms with Crippen molar-refractivity contribution in [1.29, 1.82) is 0 Å². The molecule has 2 amide bonds. The second kappa shape index (κ2) is 7.21. The van der Waals surface area contributed by atoms with E-state index in [2.05, 4.69) is 10.6 Å². The van der Waals surface area contributed by atoms with E-state index in [0.29, 0.717) is 17.2 Å². The number of anilines is 1. The number of carbonyl (C=O) groups excluding carboxylic acids is 1. The summed E-state index contributed by atoms with van der Waals surface area (Å²) in [4.78, 5) is 11.9. The van der Waals surface area contributed by atoms with Crippen LogP contribution in [0.2, 0.25) is 0 Å². The lowest BCUT2D eigenvalue weighted by Gasteiger charge is -2.17. The van der Waals surface area contributed by atoms with Crippen LogP contribution in [0.5, 0.6) is 17.2 Å². The molecule has 0 spiro atoms. The van der Waals surface area contributed by atoms with Gasteiger partial charge in [-0.15, -0.1) is 0 Å². The smallest absolute Gasteiger partial charge is 0.322 e. The monoisotopic (exact) mass is 302 g/mol. The lowest BCUT2D eigenvalue weighted by Crippen LogP contribution is -2.39. The van der Waals surface area contributed by atoms with Crippen LogP contribution in [0.15, 0.2) is 48.5 Å². The number of carbonyl (C=O) groups is 1. The SMILES string of the molecule is COc1ccccc1NC(=O)NC(C)Oc1ccc(O)cc1. The summed E-state index contributed by atoms with van der Waals surface area (Å²) in [5, 5.41) is 14.5. The lowest BCUT2D eigenvalue weighted by molar-refractivity contribution is 0.183. The van der Waals surface area contributed by atoms with E-state index in [-0.39, 0.29) is 5.75 Å². The van der Waals surface area contributed by atoms with Crippen LogP contribution in [0.3, 0.4) is 0 Å². The first-order chi connectivity index (χ1) is 10.6. The Hall–Kier alpha value is -2.89. The highest BCUT2D eigenvalue weighted by Crippen LogP contribution is 2.22. The summed E-state index contributed by atoms with van der Waals surface area (Å²) < 4.78 is 10.7. The van der Waals surface area contributed by atoms with Crippen molar-refractivity contribution in [2.75, 3.05) is 12.4 Å². The van der Waals surface area contributed by atoms with Gasteiger partial charge < -0.3 is 25.2 Å². The summed E-state index contributed by atoms with van der Waals surface area (Å²) in [7, 11) is 1.54. The average molecular weight is 302 g/mol. The minimum Gasteiger partial charge on any atom is -0.508 e. The number of hydrogen-bond donors (Lipinski definition) is 3. The van der Waals surface area contributed by atoms with Crippen LogP contribution in [0.25, 0.3) is 0 Å². The van der Waals surface area contributed by atoms with E-state index >= 15 is 0 Å². The molecule has 0 aliphatic heterocycles. The lowest BCUT2D eigenvalue weighted by atomic mass is 10.3. The number of urea groups is 1. The predicted molar refractivity (Wildman–Crippen MR) is 83.3 cm³/mol. The fourth-order valence-corrected chi connectivity index (χ4v) is 1.85. The number of ether oxygens (including phenoxy) is 2. The van der Waals surface area contributed by atoms with Crippen molar-refractivity contribution in [3.63, 3.8) is 0 Å². The minimum absolute atomic E-state index is 0.155. The van der Waals surface area contributed by atoms with Crippen molar-refractivity contribution < 1.29 is 19.4 Å². The Morgan fingerprint density at radius 1 is 1.14 bits per heavy atom. The topological polar surface area (TPSA) is 79.8 Å². The molecule has 0 radical (unpaired) electrons. The van der Waals surface area contributed by atoms with E-state index in [1.165, 1.54) is 19.2 Å². The van der Waals surface area contributed by atoms with Gasteiger partial charge in [-0.25, -0.2) is 4.79 Å². The number of phenols is 1. The number of hydrogen-bond acceptors (Lipinski definition) is 4. The molecule has 2 aromatic carbocycles. The zero-order valence-corrected chi connectivity index (χ0v) is 12.4. The summed E-state index contributed by atoms with van der Waals surface area (Å²) in [5.41, 5.74) is 0.569. The first-order valence-corrected chi connectivity index (χ1v) is 6.74. The number of methoxy groups -OCH3 is 1. The molecule has 0 aliphatic rings. The maximum atomic E-state index is 11.9. The Balaban J connectivity index is 1.89. The normalized spacial score (nSPS) is 11.4. The first kappa shape index (κ1) is 15.5. The maximum Gasteiger partial charge on any atom is 0.322 e. The molecule has 0 aromatic heterocycles. The molecule has 0 bridgehead atoms. The summed E-state index contributed by atoms with van der Waals surface area (Å²) in [6.45, 7) is 1.70. The van der Waals surface area contributed by atoms with Gasteiger partial charge in [0.25, 0.3) is 0 Å². The van der Waals surface area contributed by atoms with Gasteiger partial charge in [0.05, 0.1) is 12.8 Å². The predicted octanol–water partition coefficient (Wildman–Crippen LogP) is 2.95. The van der Waals surface area contributed by atoms with Gasteiger partial charge in [-0.1, -0.05) is 12.1 Å². The second-order valence-corrected chi connectivity index (χ2v) is 4.55. The molecule has 116 valence electrons. The van der Waals surface area contributed by atoms with E-state index in [9.17, 15) is 9.90 Å². The van der Waals surface area contributed by atoms with Crippen molar-refractivity contribution in [2.45, 2.75) is 13.2 Å². The van der Waals surface area contributed by atoms with Gasteiger partial charge in [0.15, 0.2) is 6.23 Å². The molecule has 0 fully saturated rings. The number of benzene rings is 2. The van der Waals surface area contributed by atoms with Gasteiger partial charge in [0.2, 0.25) is 0 Å². The van der Waals surface area contributed by atoms with Gasteiger partial charge in [-0.2, -0.15) is 0 Å². The molecule has 22 heavy (non-hydrogen) atoms. The van der Waals surface area contributed by atoms with Crippen molar-refractivity contribution in [3.8, 4) is 17.2 Å². The summed E-state index contributed by atoms with van der Waals surface area (Å²) in [6.07, 6.45) is -0.542. The Morgan fingerprint density at radius 2 is 1.82 bits per heavy atom. The number of rotatable bonds is 5. The third kappa shape index (κ3) is 4.31. The van der Waals surface area contributed by atoms with Crippen molar-refractivity contribution in [2.24, 2.45) is 0 Å². The van der Waals surface area contributed by atoms with Crippen LogP contribution in [0.1, 0.15) is 6.92 Å². The van der Waals surface area contributed by atoms with Crippen LogP contribution >= 0.6 is 0 Å². The van der Waals surface area contributed by atoms with Crippen LogP contribution < -0.4 is 20.1 Å². The van der Waals surface area contributed by atoms with Crippen LogP contribution in [0.4, 0.5) is 10.5 Å². The van der Waals surface area contributed by atoms with E-state index in [4.69, 9.17) is 9.47 Å². The molecule has 0 saturated carbocycles. The quantitative estimate of drug-likeness (QED) is 0.742. The molecule has 1 unspecified atom stereocenters. The zero-order valence-electron chi connectivity index (χ0n) is 12.4. The van der Waals surface area contributed by atoms with Crippen molar-refractivity contribution in [3.05, 3.63) is 48.5 Å². The molecule has 0 saturated heterocycles. The molecule has 6 nitrogen and oxygen atoms in total. The molecule has 2 aromatic rings. The summed E-state index contributed by atoms with van der Waals surface area (Å²) in [5.74, 6) is 1.27. The maximum absolute atomic E-state index is 11.9.